The predicted molar refractivity (Wildman–Crippen MR) is 75.5 cm³/mol. The Kier molecular flexibility index (Phi) is 6.18. The molecule has 0 fully saturated rings. The molecule has 1 aromatic carbocycles. The third-order valence-electron chi connectivity index (χ3n) is 2.94. The number of aryl methyl sites for hydroxylation is 1. The van der Waals surface area contributed by atoms with E-state index in [1.165, 1.54) is 0 Å². The van der Waals surface area contributed by atoms with E-state index in [-0.39, 0.29) is 17.4 Å². The molecule has 0 aliphatic rings. The monoisotopic (exact) mass is 283 g/mol. The van der Waals surface area contributed by atoms with Crippen LogP contribution < -0.4 is 4.72 Å². The molecule has 0 saturated carbocycles. The second kappa shape index (κ2) is 7.40. The van der Waals surface area contributed by atoms with Crippen molar-refractivity contribution in [2.24, 2.45) is 0 Å². The number of aldehydes is 1. The third kappa shape index (κ3) is 5.12. The number of rotatable bonds is 8. The molecule has 0 aliphatic carbocycles. The summed E-state index contributed by atoms with van der Waals surface area (Å²) in [6, 6.07) is 6.36. The Labute approximate surface area is 115 Å². The Morgan fingerprint density at radius 2 is 1.89 bits per heavy atom. The van der Waals surface area contributed by atoms with Gasteiger partial charge in [0.2, 0.25) is 10.0 Å². The minimum absolute atomic E-state index is 0.213. The van der Waals surface area contributed by atoms with Crippen LogP contribution in [0.1, 0.15) is 38.2 Å². The van der Waals surface area contributed by atoms with Crippen LogP contribution in [0.3, 0.4) is 0 Å². The number of sulfonamides is 1. The van der Waals surface area contributed by atoms with Crippen molar-refractivity contribution >= 4 is 16.3 Å². The predicted octanol–water partition coefficient (Wildman–Crippen LogP) is 2.42. The first-order chi connectivity index (χ1) is 8.99. The second-order valence-electron chi connectivity index (χ2n) is 4.68. The van der Waals surface area contributed by atoms with Gasteiger partial charge in [-0.3, -0.25) is 0 Å². The zero-order chi connectivity index (χ0) is 14.3. The van der Waals surface area contributed by atoms with E-state index >= 15 is 0 Å². The number of unbranched alkanes of at least 4 members (excludes halogenated alkanes) is 1. The van der Waals surface area contributed by atoms with Gasteiger partial charge in [-0.15, -0.1) is 0 Å². The van der Waals surface area contributed by atoms with E-state index in [0.29, 0.717) is 6.42 Å². The molecule has 19 heavy (non-hydrogen) atoms. The summed E-state index contributed by atoms with van der Waals surface area (Å²) in [5, 5.41) is 0. The molecule has 5 heteroatoms. The lowest BCUT2D eigenvalue weighted by Crippen LogP contribution is -2.35. The molecule has 1 rings (SSSR count). The fourth-order valence-corrected chi connectivity index (χ4v) is 3.08. The molecule has 4 nitrogen and oxygen atoms in total. The quantitative estimate of drug-likeness (QED) is 0.745. The molecule has 0 saturated heterocycles. The maximum atomic E-state index is 12.2. The molecule has 1 atom stereocenters. The Balaban J connectivity index is 2.80. The molecule has 1 N–H and O–H groups in total. The lowest BCUT2D eigenvalue weighted by Gasteiger charge is -2.16. The standard InChI is InChI=1S/C14H21NO3S/c1-3-4-5-13(10-11-16)15-19(17,18)14-8-6-12(2)7-9-14/h6-9,11,13,15H,3-5,10H2,1-2H3/t13-/m1/s1. The first kappa shape index (κ1) is 15.9. The Morgan fingerprint density at radius 1 is 1.26 bits per heavy atom. The van der Waals surface area contributed by atoms with Crippen molar-refractivity contribution < 1.29 is 13.2 Å². The molecule has 0 amide bonds. The molecular formula is C14H21NO3S. The van der Waals surface area contributed by atoms with E-state index in [2.05, 4.69) is 4.72 Å². The highest BCUT2D eigenvalue weighted by Gasteiger charge is 2.19. The zero-order valence-electron chi connectivity index (χ0n) is 11.4. The summed E-state index contributed by atoms with van der Waals surface area (Å²) in [5.74, 6) is 0. The fraction of sp³-hybridized carbons (Fsp3) is 0.500. The number of carbonyl (C=O) groups excluding carboxylic acids is 1. The van der Waals surface area contributed by atoms with Gasteiger partial charge in [0, 0.05) is 12.5 Å². The average Bonchev–Trinajstić information content (AvgIpc) is 2.36. The van der Waals surface area contributed by atoms with Crippen molar-refractivity contribution in [3.8, 4) is 0 Å². The van der Waals surface area contributed by atoms with Gasteiger partial charge < -0.3 is 4.79 Å². The van der Waals surface area contributed by atoms with Crippen molar-refractivity contribution in [2.45, 2.75) is 50.5 Å². The maximum Gasteiger partial charge on any atom is 0.240 e. The van der Waals surface area contributed by atoms with Gasteiger partial charge in [0.25, 0.3) is 0 Å². The molecule has 0 aromatic heterocycles. The number of hydrogen-bond donors (Lipinski definition) is 1. The van der Waals surface area contributed by atoms with Crippen molar-refractivity contribution in [3.63, 3.8) is 0 Å². The molecule has 0 spiro atoms. The van der Waals surface area contributed by atoms with Crippen LogP contribution in [-0.4, -0.2) is 20.7 Å². The molecule has 106 valence electrons. The van der Waals surface area contributed by atoms with E-state index in [1.807, 2.05) is 13.8 Å². The van der Waals surface area contributed by atoms with Crippen molar-refractivity contribution in [1.82, 2.24) is 4.72 Å². The summed E-state index contributed by atoms with van der Waals surface area (Å²) in [5.41, 5.74) is 1.01. The number of benzene rings is 1. The number of hydrogen-bond acceptors (Lipinski definition) is 3. The molecule has 0 bridgehead atoms. The smallest absolute Gasteiger partial charge is 0.240 e. The number of carbonyl (C=O) groups is 1. The molecule has 0 heterocycles. The Morgan fingerprint density at radius 3 is 2.42 bits per heavy atom. The largest absolute Gasteiger partial charge is 0.303 e. The zero-order valence-corrected chi connectivity index (χ0v) is 12.2. The van der Waals surface area contributed by atoms with E-state index in [0.717, 1.165) is 24.7 Å². The van der Waals surface area contributed by atoms with Gasteiger partial charge in [-0.2, -0.15) is 0 Å². The molecule has 1 aromatic rings. The summed E-state index contributed by atoms with van der Waals surface area (Å²) in [4.78, 5) is 10.9. The Bertz CT molecular complexity index is 494. The average molecular weight is 283 g/mol. The van der Waals surface area contributed by atoms with Crippen molar-refractivity contribution in [2.75, 3.05) is 0 Å². The second-order valence-corrected chi connectivity index (χ2v) is 6.39. The van der Waals surface area contributed by atoms with E-state index in [9.17, 15) is 13.2 Å². The van der Waals surface area contributed by atoms with Crippen molar-refractivity contribution in [1.29, 1.82) is 0 Å². The minimum atomic E-state index is -3.54. The lowest BCUT2D eigenvalue weighted by molar-refractivity contribution is -0.108. The highest BCUT2D eigenvalue weighted by Crippen LogP contribution is 2.13. The fourth-order valence-electron chi connectivity index (χ4n) is 1.80. The van der Waals surface area contributed by atoms with Gasteiger partial charge in [-0.25, -0.2) is 13.1 Å². The van der Waals surface area contributed by atoms with E-state index < -0.39 is 10.0 Å². The highest BCUT2D eigenvalue weighted by atomic mass is 32.2. The van der Waals surface area contributed by atoms with Crippen LogP contribution in [0.5, 0.6) is 0 Å². The van der Waals surface area contributed by atoms with Crippen LogP contribution in [0, 0.1) is 6.92 Å². The maximum absolute atomic E-state index is 12.2. The van der Waals surface area contributed by atoms with Crippen LogP contribution in [0.25, 0.3) is 0 Å². The molecule has 0 radical (unpaired) electrons. The number of nitrogens with one attached hydrogen (secondary N) is 1. The third-order valence-corrected chi connectivity index (χ3v) is 4.48. The van der Waals surface area contributed by atoms with Crippen LogP contribution >= 0.6 is 0 Å². The lowest BCUT2D eigenvalue weighted by atomic mass is 10.1. The van der Waals surface area contributed by atoms with Gasteiger partial charge in [0.15, 0.2) is 0 Å². The van der Waals surface area contributed by atoms with Crippen molar-refractivity contribution in [3.05, 3.63) is 29.8 Å². The van der Waals surface area contributed by atoms with Gasteiger partial charge in [-0.05, 0) is 25.5 Å². The van der Waals surface area contributed by atoms with Gasteiger partial charge in [-0.1, -0.05) is 37.5 Å². The van der Waals surface area contributed by atoms with E-state index in [1.54, 1.807) is 24.3 Å². The Hall–Kier alpha value is -1.20. The summed E-state index contributed by atoms with van der Waals surface area (Å²) in [6.07, 6.45) is 3.53. The van der Waals surface area contributed by atoms with E-state index in [4.69, 9.17) is 0 Å². The first-order valence-electron chi connectivity index (χ1n) is 6.52. The molecule has 0 aliphatic heterocycles. The van der Waals surface area contributed by atoms with Gasteiger partial charge in [0.1, 0.15) is 6.29 Å². The van der Waals surface area contributed by atoms with Crippen LogP contribution in [0.2, 0.25) is 0 Å². The molecular weight excluding hydrogens is 262 g/mol. The summed E-state index contributed by atoms with van der Waals surface area (Å²) in [6.45, 7) is 3.94. The minimum Gasteiger partial charge on any atom is -0.303 e. The van der Waals surface area contributed by atoms with Gasteiger partial charge >= 0.3 is 0 Å². The van der Waals surface area contributed by atoms with Crippen LogP contribution in [0.15, 0.2) is 29.2 Å². The first-order valence-corrected chi connectivity index (χ1v) is 8.00. The van der Waals surface area contributed by atoms with Crippen LogP contribution in [-0.2, 0) is 14.8 Å². The summed E-state index contributed by atoms with van der Waals surface area (Å²) in [7, 11) is -3.54. The summed E-state index contributed by atoms with van der Waals surface area (Å²) < 4.78 is 26.9. The molecule has 0 unspecified atom stereocenters. The van der Waals surface area contributed by atoms with Gasteiger partial charge in [0.05, 0.1) is 4.90 Å². The SMILES string of the molecule is CCCC[C@H](CC=O)NS(=O)(=O)c1ccc(C)cc1. The highest BCUT2D eigenvalue weighted by molar-refractivity contribution is 7.89. The van der Waals surface area contributed by atoms with Crippen LogP contribution in [0.4, 0.5) is 0 Å². The summed E-state index contributed by atoms with van der Waals surface area (Å²) >= 11 is 0. The normalized spacial score (nSPS) is 13.2. The topological polar surface area (TPSA) is 63.2 Å².